The molecule has 0 aliphatic rings. The Kier molecular flexibility index (Phi) is 4.19. The van der Waals surface area contributed by atoms with Crippen molar-refractivity contribution in [3.05, 3.63) is 23.3 Å². The molecule has 0 radical (unpaired) electrons. The molecule has 0 aliphatic heterocycles. The topological polar surface area (TPSA) is 38.5 Å². The van der Waals surface area contributed by atoms with E-state index in [9.17, 15) is 0 Å². The summed E-state index contributed by atoms with van der Waals surface area (Å²) in [6, 6.07) is 4.27. The van der Waals surface area contributed by atoms with Crippen molar-refractivity contribution >= 4 is 5.69 Å². The van der Waals surface area contributed by atoms with Crippen molar-refractivity contribution in [3.63, 3.8) is 0 Å². The zero-order valence-electron chi connectivity index (χ0n) is 10.9. The molecular weight excluding hydrogens is 200 g/mol. The summed E-state index contributed by atoms with van der Waals surface area (Å²) in [5.74, 6) is 0.940. The van der Waals surface area contributed by atoms with Crippen molar-refractivity contribution in [2.24, 2.45) is 5.73 Å². The van der Waals surface area contributed by atoms with E-state index in [1.807, 2.05) is 13.0 Å². The van der Waals surface area contributed by atoms with Crippen LogP contribution in [-0.2, 0) is 0 Å². The maximum absolute atomic E-state index is 5.81. The number of nitrogens with two attached hydrogens (primary N) is 1. The molecule has 0 aliphatic carbocycles. The molecule has 0 aromatic heterocycles. The molecule has 90 valence electrons. The van der Waals surface area contributed by atoms with Crippen molar-refractivity contribution in [2.45, 2.75) is 26.8 Å². The first-order valence-corrected chi connectivity index (χ1v) is 5.58. The lowest BCUT2D eigenvalue weighted by molar-refractivity contribution is 0.411. The van der Waals surface area contributed by atoms with Crippen molar-refractivity contribution < 1.29 is 4.74 Å². The maximum Gasteiger partial charge on any atom is 0.122 e. The van der Waals surface area contributed by atoms with Gasteiger partial charge in [0.1, 0.15) is 5.75 Å². The van der Waals surface area contributed by atoms with Gasteiger partial charge < -0.3 is 15.4 Å². The molecule has 2 N–H and O–H groups in total. The number of benzene rings is 1. The quantitative estimate of drug-likeness (QED) is 0.848. The van der Waals surface area contributed by atoms with Crippen molar-refractivity contribution in [1.82, 2.24) is 0 Å². The first-order chi connectivity index (χ1) is 7.47. The fourth-order valence-corrected chi connectivity index (χ4v) is 1.95. The molecule has 0 spiro atoms. The number of rotatable bonds is 4. The van der Waals surface area contributed by atoms with Gasteiger partial charge in [0, 0.05) is 25.3 Å². The molecule has 0 saturated heterocycles. The predicted molar refractivity (Wildman–Crippen MR) is 69.4 cm³/mol. The highest BCUT2D eigenvalue weighted by Crippen LogP contribution is 2.29. The van der Waals surface area contributed by atoms with E-state index in [2.05, 4.69) is 31.9 Å². The van der Waals surface area contributed by atoms with E-state index in [0.717, 1.165) is 12.3 Å². The van der Waals surface area contributed by atoms with Gasteiger partial charge in [-0.05, 0) is 44.0 Å². The summed E-state index contributed by atoms with van der Waals surface area (Å²) < 4.78 is 5.30. The third-order valence-electron chi connectivity index (χ3n) is 2.90. The highest BCUT2D eigenvalue weighted by Gasteiger charge is 2.10. The smallest absolute Gasteiger partial charge is 0.122 e. The number of nitrogens with zero attached hydrogens (tertiary/aromatic N) is 1. The highest BCUT2D eigenvalue weighted by atomic mass is 16.5. The van der Waals surface area contributed by atoms with Crippen LogP contribution in [0.1, 0.15) is 18.1 Å². The molecule has 0 bridgehead atoms. The van der Waals surface area contributed by atoms with Gasteiger partial charge in [0.15, 0.2) is 0 Å². The summed E-state index contributed by atoms with van der Waals surface area (Å²) in [4.78, 5) is 2.19. The Labute approximate surface area is 98.2 Å². The van der Waals surface area contributed by atoms with Crippen LogP contribution in [0.4, 0.5) is 5.69 Å². The first kappa shape index (κ1) is 12.8. The third kappa shape index (κ3) is 2.67. The minimum absolute atomic E-state index is 0.173. The number of hydrogen-bond donors (Lipinski definition) is 1. The molecule has 0 heterocycles. The van der Waals surface area contributed by atoms with Gasteiger partial charge >= 0.3 is 0 Å². The molecule has 3 heteroatoms. The standard InChI is InChI=1S/C13H22N2O/c1-9(14)8-15(4)12-6-7-13(16-5)11(3)10(12)2/h6-7,9H,8,14H2,1-5H3. The number of ether oxygens (including phenoxy) is 1. The number of likely N-dealkylation sites (N-methyl/N-ethyl adjacent to an activating group) is 1. The molecule has 1 atom stereocenters. The fraction of sp³-hybridized carbons (Fsp3) is 0.538. The molecule has 16 heavy (non-hydrogen) atoms. The van der Waals surface area contributed by atoms with Crippen LogP contribution in [0.25, 0.3) is 0 Å². The lowest BCUT2D eigenvalue weighted by Crippen LogP contribution is -2.33. The van der Waals surface area contributed by atoms with E-state index in [4.69, 9.17) is 10.5 Å². The van der Waals surface area contributed by atoms with E-state index >= 15 is 0 Å². The van der Waals surface area contributed by atoms with Gasteiger partial charge in [0.25, 0.3) is 0 Å². The lowest BCUT2D eigenvalue weighted by Gasteiger charge is -2.24. The van der Waals surface area contributed by atoms with Gasteiger partial charge in [-0.3, -0.25) is 0 Å². The maximum atomic E-state index is 5.81. The Bertz CT molecular complexity index is 361. The van der Waals surface area contributed by atoms with Crippen LogP contribution in [0.15, 0.2) is 12.1 Å². The van der Waals surface area contributed by atoms with Crippen LogP contribution < -0.4 is 15.4 Å². The van der Waals surface area contributed by atoms with E-state index < -0.39 is 0 Å². The monoisotopic (exact) mass is 222 g/mol. The Hall–Kier alpha value is -1.22. The zero-order chi connectivity index (χ0) is 12.3. The number of hydrogen-bond acceptors (Lipinski definition) is 3. The van der Waals surface area contributed by atoms with Crippen LogP contribution in [0, 0.1) is 13.8 Å². The lowest BCUT2D eigenvalue weighted by atomic mass is 10.1. The summed E-state index contributed by atoms with van der Waals surface area (Å²) in [6.07, 6.45) is 0. The Balaban J connectivity index is 3.02. The molecule has 1 aromatic rings. The largest absolute Gasteiger partial charge is 0.496 e. The minimum atomic E-state index is 0.173. The fourth-order valence-electron chi connectivity index (χ4n) is 1.95. The molecule has 0 amide bonds. The SMILES string of the molecule is COc1ccc(N(C)CC(C)N)c(C)c1C. The van der Waals surface area contributed by atoms with Crippen LogP contribution in [0.2, 0.25) is 0 Å². The summed E-state index contributed by atoms with van der Waals surface area (Å²) >= 11 is 0. The zero-order valence-corrected chi connectivity index (χ0v) is 10.9. The normalized spacial score (nSPS) is 12.4. The molecule has 0 saturated carbocycles. The second kappa shape index (κ2) is 5.21. The van der Waals surface area contributed by atoms with E-state index in [0.29, 0.717) is 0 Å². The van der Waals surface area contributed by atoms with E-state index in [1.54, 1.807) is 7.11 Å². The third-order valence-corrected chi connectivity index (χ3v) is 2.90. The molecule has 3 nitrogen and oxygen atoms in total. The number of methoxy groups -OCH3 is 1. The summed E-state index contributed by atoms with van der Waals surface area (Å²) in [6.45, 7) is 7.07. The Morgan fingerprint density at radius 3 is 2.44 bits per heavy atom. The first-order valence-electron chi connectivity index (χ1n) is 5.58. The van der Waals surface area contributed by atoms with Gasteiger partial charge in [0.05, 0.1) is 7.11 Å². The summed E-state index contributed by atoms with van der Waals surface area (Å²) in [5.41, 5.74) is 9.47. The van der Waals surface area contributed by atoms with Crippen molar-refractivity contribution in [2.75, 3.05) is 25.6 Å². The molecule has 1 aromatic carbocycles. The Morgan fingerprint density at radius 1 is 1.31 bits per heavy atom. The summed E-state index contributed by atoms with van der Waals surface area (Å²) in [5, 5.41) is 0. The van der Waals surface area contributed by atoms with Gasteiger partial charge in [-0.15, -0.1) is 0 Å². The Morgan fingerprint density at radius 2 is 1.94 bits per heavy atom. The van der Waals surface area contributed by atoms with Crippen LogP contribution in [0.5, 0.6) is 5.75 Å². The summed E-state index contributed by atoms with van der Waals surface area (Å²) in [7, 11) is 3.77. The molecular formula is C13H22N2O. The van der Waals surface area contributed by atoms with E-state index in [-0.39, 0.29) is 6.04 Å². The van der Waals surface area contributed by atoms with Gasteiger partial charge in [0.2, 0.25) is 0 Å². The van der Waals surface area contributed by atoms with Crippen LogP contribution >= 0.6 is 0 Å². The highest BCUT2D eigenvalue weighted by molar-refractivity contribution is 5.59. The second-order valence-electron chi connectivity index (χ2n) is 4.39. The average molecular weight is 222 g/mol. The second-order valence-corrected chi connectivity index (χ2v) is 4.39. The van der Waals surface area contributed by atoms with Gasteiger partial charge in [-0.25, -0.2) is 0 Å². The van der Waals surface area contributed by atoms with Crippen molar-refractivity contribution in [3.8, 4) is 5.75 Å². The minimum Gasteiger partial charge on any atom is -0.496 e. The van der Waals surface area contributed by atoms with Crippen LogP contribution in [-0.4, -0.2) is 26.7 Å². The number of anilines is 1. The van der Waals surface area contributed by atoms with Crippen molar-refractivity contribution in [1.29, 1.82) is 0 Å². The molecule has 1 rings (SSSR count). The average Bonchev–Trinajstić information content (AvgIpc) is 2.20. The van der Waals surface area contributed by atoms with Gasteiger partial charge in [-0.1, -0.05) is 0 Å². The molecule has 0 fully saturated rings. The molecule has 1 unspecified atom stereocenters. The van der Waals surface area contributed by atoms with Crippen LogP contribution in [0.3, 0.4) is 0 Å². The van der Waals surface area contributed by atoms with Gasteiger partial charge in [-0.2, -0.15) is 0 Å². The predicted octanol–water partition coefficient (Wildman–Crippen LogP) is 2.10. The van der Waals surface area contributed by atoms with E-state index in [1.165, 1.54) is 16.8 Å².